The van der Waals surface area contributed by atoms with E-state index in [9.17, 15) is 4.57 Å². The van der Waals surface area contributed by atoms with Crippen molar-refractivity contribution in [2.45, 2.75) is 13.8 Å². The van der Waals surface area contributed by atoms with Crippen LogP contribution in [0.2, 0.25) is 0 Å². The molecule has 3 aromatic rings. The van der Waals surface area contributed by atoms with Crippen molar-refractivity contribution >= 4 is 23.1 Å². The first kappa shape index (κ1) is 18.2. The van der Waals surface area contributed by atoms with E-state index < -0.39 is 7.14 Å². The molecule has 124 valence electrons. The Morgan fingerprint density at radius 2 is 1.00 bits per heavy atom. The third-order valence-corrected chi connectivity index (χ3v) is 7.42. The average Bonchev–Trinajstić information content (AvgIpc) is 2.64. The number of hydrogen-bond donors (Lipinski definition) is 2. The second-order valence-electron chi connectivity index (χ2n) is 5.52. The summed E-state index contributed by atoms with van der Waals surface area (Å²) in [5, 5.41) is 14.7. The van der Waals surface area contributed by atoms with Gasteiger partial charge in [-0.3, -0.25) is 10.5 Å². The molecule has 2 N–H and O–H groups in total. The molecule has 3 nitrogen and oxygen atoms in total. The van der Waals surface area contributed by atoms with Gasteiger partial charge >= 0.3 is 0 Å². The van der Waals surface area contributed by atoms with Crippen LogP contribution < -0.4 is 15.9 Å². The van der Waals surface area contributed by atoms with Gasteiger partial charge in [0.05, 0.1) is 0 Å². The highest BCUT2D eigenvalue weighted by molar-refractivity contribution is 7.85. The van der Waals surface area contributed by atoms with E-state index in [4.69, 9.17) is 10.5 Å². The van der Waals surface area contributed by atoms with Crippen LogP contribution in [0.3, 0.4) is 0 Å². The van der Waals surface area contributed by atoms with Crippen molar-refractivity contribution in [3.63, 3.8) is 0 Å². The molecule has 0 aliphatic rings. The second-order valence-corrected chi connectivity index (χ2v) is 8.22. The molecule has 0 bridgehead atoms. The maximum Gasteiger partial charge on any atom is 0.171 e. The number of benzene rings is 3. The van der Waals surface area contributed by atoms with E-state index in [2.05, 4.69) is 0 Å². The van der Waals surface area contributed by atoms with Crippen LogP contribution in [0.1, 0.15) is 11.1 Å². The maximum atomic E-state index is 14.3. The van der Waals surface area contributed by atoms with E-state index in [0.717, 1.165) is 27.0 Å². The van der Waals surface area contributed by atoms with Crippen molar-refractivity contribution in [3.05, 3.63) is 90.0 Å². The summed E-state index contributed by atoms with van der Waals surface area (Å²) in [6, 6.07) is 25.8. The molecule has 0 amide bonds. The minimum Gasteiger partial charge on any atom is -0.309 e. The molecule has 0 saturated carbocycles. The molecule has 0 atom stereocenters. The van der Waals surface area contributed by atoms with Gasteiger partial charge in [0.1, 0.15) is 0 Å². The summed E-state index contributed by atoms with van der Waals surface area (Å²) in [5.74, 6) is 0. The standard InChI is InChI=1S/C20H19OP.H2O2/c1-16-10-6-8-14-19(16)22(21,18-12-4-3-5-13-18)20-15-9-7-11-17(20)2;1-2/h3-15H,1-2H3;1-2H. The molecule has 4 heteroatoms. The Kier molecular flexibility index (Phi) is 6.10. The monoisotopic (exact) mass is 340 g/mol. The number of aryl methyl sites for hydroxylation is 2. The van der Waals surface area contributed by atoms with Crippen LogP contribution in [0.4, 0.5) is 0 Å². The molecule has 0 aliphatic carbocycles. The molecule has 24 heavy (non-hydrogen) atoms. The van der Waals surface area contributed by atoms with E-state index in [-0.39, 0.29) is 0 Å². The van der Waals surface area contributed by atoms with Gasteiger partial charge < -0.3 is 4.57 Å². The Morgan fingerprint density at radius 1 is 0.625 bits per heavy atom. The van der Waals surface area contributed by atoms with Crippen LogP contribution in [-0.4, -0.2) is 10.5 Å². The van der Waals surface area contributed by atoms with Gasteiger partial charge in [0.15, 0.2) is 7.14 Å². The fourth-order valence-corrected chi connectivity index (χ4v) is 6.02. The van der Waals surface area contributed by atoms with E-state index in [0.29, 0.717) is 0 Å². The predicted molar refractivity (Wildman–Crippen MR) is 101 cm³/mol. The first-order valence-electron chi connectivity index (χ1n) is 7.62. The van der Waals surface area contributed by atoms with Gasteiger partial charge in [-0.05, 0) is 25.0 Å². The lowest BCUT2D eigenvalue weighted by atomic mass is 10.2. The van der Waals surface area contributed by atoms with Crippen molar-refractivity contribution in [1.29, 1.82) is 0 Å². The summed E-state index contributed by atoms with van der Waals surface area (Å²) < 4.78 is 14.3. The van der Waals surface area contributed by atoms with Gasteiger partial charge in [-0.1, -0.05) is 78.9 Å². The summed E-state index contributed by atoms with van der Waals surface area (Å²) >= 11 is 0. The number of rotatable bonds is 3. The van der Waals surface area contributed by atoms with Gasteiger partial charge in [0.2, 0.25) is 0 Å². The molecular formula is C20H21O3P. The summed E-state index contributed by atoms with van der Waals surface area (Å²) in [4.78, 5) is 0. The molecule has 3 rings (SSSR count). The zero-order valence-corrected chi connectivity index (χ0v) is 14.6. The quantitative estimate of drug-likeness (QED) is 0.431. The zero-order chi connectivity index (χ0) is 17.6. The normalized spacial score (nSPS) is 10.7. The highest BCUT2D eigenvalue weighted by Gasteiger charge is 2.31. The zero-order valence-electron chi connectivity index (χ0n) is 13.8. The highest BCUT2D eigenvalue weighted by atomic mass is 31.2. The molecule has 0 unspecified atom stereocenters. The average molecular weight is 340 g/mol. The SMILES string of the molecule is Cc1ccccc1P(=O)(c1ccccc1)c1ccccc1C.OO. The van der Waals surface area contributed by atoms with Crippen LogP contribution in [0.25, 0.3) is 0 Å². The van der Waals surface area contributed by atoms with Crippen molar-refractivity contribution in [3.8, 4) is 0 Å². The van der Waals surface area contributed by atoms with Gasteiger partial charge in [-0.15, -0.1) is 0 Å². The van der Waals surface area contributed by atoms with Crippen molar-refractivity contribution in [2.75, 3.05) is 0 Å². The Hall–Kier alpha value is -2.19. The highest BCUT2D eigenvalue weighted by Crippen LogP contribution is 2.44. The maximum absolute atomic E-state index is 14.3. The molecule has 0 saturated heterocycles. The van der Waals surface area contributed by atoms with Crippen LogP contribution in [0.5, 0.6) is 0 Å². The number of hydrogen-bond acceptors (Lipinski definition) is 3. The topological polar surface area (TPSA) is 57.5 Å². The summed E-state index contributed by atoms with van der Waals surface area (Å²) in [6.45, 7) is 4.06. The van der Waals surface area contributed by atoms with Gasteiger partial charge in [0, 0.05) is 15.9 Å². The van der Waals surface area contributed by atoms with E-state index in [1.165, 1.54) is 0 Å². The molecule has 3 aromatic carbocycles. The fourth-order valence-electron chi connectivity index (χ4n) is 2.88. The van der Waals surface area contributed by atoms with Gasteiger partial charge in [-0.25, -0.2) is 0 Å². The lowest BCUT2D eigenvalue weighted by molar-refractivity contribution is -0.176. The van der Waals surface area contributed by atoms with Crippen LogP contribution >= 0.6 is 7.14 Å². The van der Waals surface area contributed by atoms with Gasteiger partial charge in [-0.2, -0.15) is 0 Å². The molecule has 0 spiro atoms. The Labute approximate surface area is 142 Å². The summed E-state index contributed by atoms with van der Waals surface area (Å²) in [6.07, 6.45) is 0. The smallest absolute Gasteiger partial charge is 0.171 e. The first-order chi connectivity index (χ1) is 11.6. The molecular weight excluding hydrogens is 319 g/mol. The van der Waals surface area contributed by atoms with Crippen molar-refractivity contribution in [1.82, 2.24) is 0 Å². The third-order valence-electron chi connectivity index (χ3n) is 4.03. The Morgan fingerprint density at radius 3 is 1.42 bits per heavy atom. The lowest BCUT2D eigenvalue weighted by Crippen LogP contribution is -2.28. The summed E-state index contributed by atoms with van der Waals surface area (Å²) in [7, 11) is -2.85. The Bertz CT molecular complexity index is 795. The van der Waals surface area contributed by atoms with Crippen molar-refractivity contribution < 1.29 is 15.1 Å². The molecule has 0 heterocycles. The fraction of sp³-hybridized carbons (Fsp3) is 0.100. The van der Waals surface area contributed by atoms with Crippen LogP contribution in [-0.2, 0) is 4.57 Å². The van der Waals surface area contributed by atoms with E-state index >= 15 is 0 Å². The summed E-state index contributed by atoms with van der Waals surface area (Å²) in [5.41, 5.74) is 2.14. The molecule has 0 aromatic heterocycles. The lowest BCUT2D eigenvalue weighted by Gasteiger charge is -2.23. The van der Waals surface area contributed by atoms with E-state index in [1.807, 2.05) is 92.7 Å². The second kappa shape index (κ2) is 8.07. The third kappa shape index (κ3) is 3.34. The van der Waals surface area contributed by atoms with E-state index in [1.54, 1.807) is 0 Å². The minimum atomic E-state index is -2.85. The Balaban J connectivity index is 0.00000100. The minimum absolute atomic E-state index is 0.888. The molecule has 0 fully saturated rings. The van der Waals surface area contributed by atoms with Crippen LogP contribution in [0, 0.1) is 13.8 Å². The largest absolute Gasteiger partial charge is 0.309 e. The van der Waals surface area contributed by atoms with Crippen molar-refractivity contribution in [2.24, 2.45) is 0 Å². The van der Waals surface area contributed by atoms with Crippen LogP contribution in [0.15, 0.2) is 78.9 Å². The first-order valence-corrected chi connectivity index (χ1v) is 9.33. The van der Waals surface area contributed by atoms with Gasteiger partial charge in [0.25, 0.3) is 0 Å². The molecule has 0 aliphatic heterocycles. The predicted octanol–water partition coefficient (Wildman–Crippen LogP) is 3.96. The molecule has 0 radical (unpaired) electrons.